The Morgan fingerprint density at radius 1 is 1.15 bits per heavy atom. The molecule has 1 N–H and O–H groups in total. The molecule has 1 aromatic heterocycles. The highest BCUT2D eigenvalue weighted by atomic mass is 19.4. The molecule has 0 aliphatic carbocycles. The van der Waals surface area contributed by atoms with Gasteiger partial charge in [-0.1, -0.05) is 24.8 Å². The highest BCUT2D eigenvalue weighted by Gasteiger charge is 2.43. The number of nitrogens with one attached hydrogen (secondary N) is 1. The zero-order valence-electron chi connectivity index (χ0n) is 13.4. The van der Waals surface area contributed by atoms with Gasteiger partial charge in [0.1, 0.15) is 5.82 Å². The molecule has 1 amide bonds. The van der Waals surface area contributed by atoms with Crippen molar-refractivity contribution in [2.45, 2.75) is 12.2 Å². The second-order valence-corrected chi connectivity index (χ2v) is 5.66. The lowest BCUT2D eigenvalue weighted by Gasteiger charge is -2.24. The van der Waals surface area contributed by atoms with E-state index in [1.807, 2.05) is 0 Å². The molecule has 0 aliphatic rings. The fourth-order valence-corrected chi connectivity index (χ4v) is 2.84. The van der Waals surface area contributed by atoms with Crippen LogP contribution in [0.3, 0.4) is 0 Å². The maximum absolute atomic E-state index is 14.0. The molecule has 0 bridgehead atoms. The van der Waals surface area contributed by atoms with Crippen LogP contribution in [0.4, 0.5) is 23.2 Å². The van der Waals surface area contributed by atoms with Crippen LogP contribution in [0.25, 0.3) is 10.9 Å². The summed E-state index contributed by atoms with van der Waals surface area (Å²) in [4.78, 5) is 11.4. The number of amides is 1. The largest absolute Gasteiger partial charge is 0.413 e. The van der Waals surface area contributed by atoms with Gasteiger partial charge in [-0.15, -0.1) is 0 Å². The number of anilines is 1. The van der Waals surface area contributed by atoms with Crippen molar-refractivity contribution in [3.8, 4) is 0 Å². The molecule has 0 saturated heterocycles. The standard InChI is InChI=1S/C19H14F4N2O/c1-2-17(26)24-13-7-8-16-12(11-13)9-10-25(16)18(19(21,22)23)14-5-3-4-6-15(14)20/h2-11,18H,1H2,(H,24,26). The van der Waals surface area contributed by atoms with E-state index in [9.17, 15) is 22.4 Å². The molecule has 0 radical (unpaired) electrons. The molecule has 3 aromatic rings. The van der Waals surface area contributed by atoms with Gasteiger partial charge < -0.3 is 9.88 Å². The Morgan fingerprint density at radius 3 is 2.54 bits per heavy atom. The maximum Gasteiger partial charge on any atom is 0.413 e. The summed E-state index contributed by atoms with van der Waals surface area (Å²) >= 11 is 0. The molecule has 0 saturated carbocycles. The van der Waals surface area contributed by atoms with Crippen molar-refractivity contribution in [1.82, 2.24) is 4.57 Å². The van der Waals surface area contributed by atoms with E-state index < -0.39 is 29.5 Å². The molecule has 1 atom stereocenters. The van der Waals surface area contributed by atoms with Crippen LogP contribution in [-0.4, -0.2) is 16.7 Å². The highest BCUT2D eigenvalue weighted by Crippen LogP contribution is 2.39. The number of fused-ring (bicyclic) bond motifs is 1. The average molecular weight is 362 g/mol. The van der Waals surface area contributed by atoms with Crippen molar-refractivity contribution in [2.75, 3.05) is 5.32 Å². The minimum Gasteiger partial charge on any atom is -0.331 e. The molecular formula is C19H14F4N2O. The van der Waals surface area contributed by atoms with E-state index in [2.05, 4.69) is 11.9 Å². The molecule has 3 rings (SSSR count). The van der Waals surface area contributed by atoms with Crippen LogP contribution >= 0.6 is 0 Å². The van der Waals surface area contributed by atoms with Gasteiger partial charge >= 0.3 is 6.18 Å². The summed E-state index contributed by atoms with van der Waals surface area (Å²) in [6, 6.07) is 8.64. The van der Waals surface area contributed by atoms with Gasteiger partial charge in [0.15, 0.2) is 6.04 Å². The molecule has 0 aliphatic heterocycles. The second-order valence-electron chi connectivity index (χ2n) is 5.66. The zero-order chi connectivity index (χ0) is 18.9. The van der Waals surface area contributed by atoms with Gasteiger partial charge in [0.05, 0.1) is 0 Å². The third-order valence-electron chi connectivity index (χ3n) is 3.96. The molecule has 1 unspecified atom stereocenters. The third kappa shape index (κ3) is 3.33. The molecule has 0 spiro atoms. The van der Waals surface area contributed by atoms with Crippen LogP contribution in [-0.2, 0) is 4.79 Å². The average Bonchev–Trinajstić information content (AvgIpc) is 2.98. The Morgan fingerprint density at radius 2 is 1.88 bits per heavy atom. The van der Waals surface area contributed by atoms with Crippen molar-refractivity contribution in [1.29, 1.82) is 0 Å². The van der Waals surface area contributed by atoms with Crippen LogP contribution in [0.1, 0.15) is 11.6 Å². The van der Waals surface area contributed by atoms with Gasteiger partial charge in [-0.05, 0) is 36.4 Å². The van der Waals surface area contributed by atoms with E-state index in [0.29, 0.717) is 11.1 Å². The number of alkyl halides is 3. The first kappa shape index (κ1) is 17.7. The predicted octanol–water partition coefficient (Wildman–Crippen LogP) is 5.06. The second kappa shape index (κ2) is 6.67. The van der Waals surface area contributed by atoms with Crippen LogP contribution in [0.15, 0.2) is 67.4 Å². The lowest BCUT2D eigenvalue weighted by Crippen LogP contribution is -2.28. The van der Waals surface area contributed by atoms with Crippen LogP contribution in [0, 0.1) is 5.82 Å². The van der Waals surface area contributed by atoms with E-state index in [4.69, 9.17) is 0 Å². The van der Waals surface area contributed by atoms with Gasteiger partial charge in [-0.25, -0.2) is 4.39 Å². The highest BCUT2D eigenvalue weighted by molar-refractivity contribution is 6.00. The summed E-state index contributed by atoms with van der Waals surface area (Å²) in [5.41, 5.74) is 0.239. The van der Waals surface area contributed by atoms with Crippen molar-refractivity contribution in [2.24, 2.45) is 0 Å². The molecular weight excluding hydrogens is 348 g/mol. The maximum atomic E-state index is 14.0. The summed E-state index contributed by atoms with van der Waals surface area (Å²) in [5, 5.41) is 3.03. The number of carbonyl (C=O) groups excluding carboxylic acids is 1. The number of rotatable bonds is 4. The number of nitrogens with zero attached hydrogens (tertiary/aromatic N) is 1. The van der Waals surface area contributed by atoms with E-state index in [0.717, 1.165) is 22.8 Å². The smallest absolute Gasteiger partial charge is 0.331 e. The molecule has 134 valence electrons. The number of hydrogen-bond acceptors (Lipinski definition) is 1. The SMILES string of the molecule is C=CC(=O)Nc1ccc2c(ccn2C(c2ccccc2F)C(F)(F)F)c1. The van der Waals surface area contributed by atoms with E-state index >= 15 is 0 Å². The Kier molecular flexibility index (Phi) is 4.54. The van der Waals surface area contributed by atoms with E-state index in [-0.39, 0.29) is 5.52 Å². The number of carbonyl (C=O) groups is 1. The topological polar surface area (TPSA) is 34.0 Å². The van der Waals surface area contributed by atoms with Crippen molar-refractivity contribution in [3.05, 3.63) is 78.8 Å². The molecule has 26 heavy (non-hydrogen) atoms. The zero-order valence-corrected chi connectivity index (χ0v) is 13.4. The first-order chi connectivity index (χ1) is 12.3. The fraction of sp³-hybridized carbons (Fsp3) is 0.105. The summed E-state index contributed by atoms with van der Waals surface area (Å²) in [6.07, 6.45) is -2.34. The number of aromatic nitrogens is 1. The quantitative estimate of drug-likeness (QED) is 0.511. The van der Waals surface area contributed by atoms with E-state index in [1.54, 1.807) is 6.07 Å². The van der Waals surface area contributed by atoms with Crippen molar-refractivity contribution < 1.29 is 22.4 Å². The first-order valence-corrected chi connectivity index (χ1v) is 7.66. The van der Waals surface area contributed by atoms with Crippen LogP contribution < -0.4 is 5.32 Å². The van der Waals surface area contributed by atoms with Crippen LogP contribution in [0.2, 0.25) is 0 Å². The lowest BCUT2D eigenvalue weighted by atomic mass is 10.1. The van der Waals surface area contributed by atoms with Crippen molar-refractivity contribution >= 4 is 22.5 Å². The Labute approximate surface area is 146 Å². The number of hydrogen-bond donors (Lipinski definition) is 1. The number of halogens is 4. The molecule has 2 aromatic carbocycles. The lowest BCUT2D eigenvalue weighted by molar-refractivity contribution is -0.156. The summed E-state index contributed by atoms with van der Waals surface area (Å²) in [5.74, 6) is -1.35. The van der Waals surface area contributed by atoms with E-state index in [1.165, 1.54) is 36.5 Å². The minimum absolute atomic E-state index is 0.271. The summed E-state index contributed by atoms with van der Waals surface area (Å²) in [7, 11) is 0. The molecule has 7 heteroatoms. The fourth-order valence-electron chi connectivity index (χ4n) is 2.84. The molecule has 1 heterocycles. The minimum atomic E-state index is -4.69. The Hall–Kier alpha value is -3.09. The number of benzene rings is 2. The Balaban J connectivity index is 2.11. The Bertz CT molecular complexity index is 975. The molecule has 0 fully saturated rings. The first-order valence-electron chi connectivity index (χ1n) is 7.66. The van der Waals surface area contributed by atoms with Gasteiger partial charge in [-0.3, -0.25) is 4.79 Å². The predicted molar refractivity (Wildman–Crippen MR) is 91.4 cm³/mol. The third-order valence-corrected chi connectivity index (χ3v) is 3.96. The molecule has 3 nitrogen and oxygen atoms in total. The van der Waals surface area contributed by atoms with Gasteiger partial charge in [0, 0.05) is 28.4 Å². The van der Waals surface area contributed by atoms with Crippen LogP contribution in [0.5, 0.6) is 0 Å². The van der Waals surface area contributed by atoms with Gasteiger partial charge in [0.25, 0.3) is 0 Å². The van der Waals surface area contributed by atoms with Gasteiger partial charge in [-0.2, -0.15) is 13.2 Å². The monoisotopic (exact) mass is 362 g/mol. The summed E-state index contributed by atoms with van der Waals surface area (Å²) < 4.78 is 56.2. The van der Waals surface area contributed by atoms with Crippen molar-refractivity contribution in [3.63, 3.8) is 0 Å². The normalized spacial score (nSPS) is 12.8. The summed E-state index contributed by atoms with van der Waals surface area (Å²) in [6.45, 7) is 3.34. The van der Waals surface area contributed by atoms with Gasteiger partial charge in [0.2, 0.25) is 5.91 Å².